The second-order valence-electron chi connectivity index (χ2n) is 5.09. The van der Waals surface area contributed by atoms with Gasteiger partial charge in [-0.2, -0.15) is 0 Å². The third-order valence-corrected chi connectivity index (χ3v) is 2.38. The molecule has 1 amide bonds. The summed E-state index contributed by atoms with van der Waals surface area (Å²) >= 11 is 0. The molecule has 5 heteroatoms. The van der Waals surface area contributed by atoms with Gasteiger partial charge in [-0.25, -0.2) is 4.79 Å². The van der Waals surface area contributed by atoms with Gasteiger partial charge < -0.3 is 20.1 Å². The fraction of sp³-hybridized carbons (Fsp3) is 0.909. The molecule has 2 N–H and O–H groups in total. The Labute approximate surface area is 96.8 Å². The van der Waals surface area contributed by atoms with E-state index in [9.17, 15) is 4.79 Å². The molecule has 0 spiro atoms. The highest BCUT2D eigenvalue weighted by Crippen LogP contribution is 2.14. The zero-order valence-electron chi connectivity index (χ0n) is 10.3. The van der Waals surface area contributed by atoms with Crippen molar-refractivity contribution in [2.24, 2.45) is 0 Å². The number of likely N-dealkylation sites (tertiary alicyclic amines) is 1. The van der Waals surface area contributed by atoms with E-state index in [0.29, 0.717) is 13.1 Å². The number of nitrogens with one attached hydrogen (secondary N) is 1. The zero-order valence-corrected chi connectivity index (χ0v) is 10.3. The van der Waals surface area contributed by atoms with Crippen LogP contribution < -0.4 is 5.32 Å². The number of aliphatic hydroxyl groups is 1. The minimum absolute atomic E-state index is 0.128. The summed E-state index contributed by atoms with van der Waals surface area (Å²) in [5.74, 6) is 0. The van der Waals surface area contributed by atoms with Gasteiger partial charge >= 0.3 is 6.09 Å². The first-order chi connectivity index (χ1) is 7.42. The van der Waals surface area contributed by atoms with Crippen molar-refractivity contribution in [3.05, 3.63) is 0 Å². The van der Waals surface area contributed by atoms with Crippen LogP contribution in [0.15, 0.2) is 0 Å². The van der Waals surface area contributed by atoms with Crippen LogP contribution in [0.3, 0.4) is 0 Å². The topological polar surface area (TPSA) is 61.8 Å². The highest BCUT2D eigenvalue weighted by Gasteiger charge is 2.29. The second-order valence-corrected chi connectivity index (χ2v) is 5.09. The van der Waals surface area contributed by atoms with Gasteiger partial charge in [-0.15, -0.1) is 0 Å². The average Bonchev–Trinajstić information content (AvgIpc) is 2.60. The molecule has 5 nitrogen and oxygen atoms in total. The predicted molar refractivity (Wildman–Crippen MR) is 61.3 cm³/mol. The number of amides is 1. The van der Waals surface area contributed by atoms with Crippen LogP contribution in [0.4, 0.5) is 4.79 Å². The Hall–Kier alpha value is -0.810. The molecule has 0 aliphatic carbocycles. The van der Waals surface area contributed by atoms with E-state index in [1.807, 2.05) is 20.8 Å². The molecule has 0 radical (unpaired) electrons. The molecule has 94 valence electrons. The van der Waals surface area contributed by atoms with Gasteiger partial charge in [0.05, 0.1) is 6.61 Å². The minimum Gasteiger partial charge on any atom is -0.444 e. The van der Waals surface area contributed by atoms with E-state index in [1.165, 1.54) is 0 Å². The van der Waals surface area contributed by atoms with Gasteiger partial charge in [0.25, 0.3) is 0 Å². The lowest BCUT2D eigenvalue weighted by Crippen LogP contribution is -2.38. The Balaban J connectivity index is 2.32. The van der Waals surface area contributed by atoms with E-state index < -0.39 is 5.60 Å². The number of carbonyl (C=O) groups is 1. The largest absolute Gasteiger partial charge is 0.444 e. The fourth-order valence-corrected chi connectivity index (χ4v) is 1.69. The van der Waals surface area contributed by atoms with E-state index in [0.717, 1.165) is 13.0 Å². The monoisotopic (exact) mass is 230 g/mol. The SMILES string of the molecule is CC(C)(C)OC(=O)N1CCC(NCCO)C1. The van der Waals surface area contributed by atoms with Gasteiger partial charge in [0, 0.05) is 25.7 Å². The Morgan fingerprint density at radius 3 is 2.81 bits per heavy atom. The van der Waals surface area contributed by atoms with Crippen molar-refractivity contribution in [2.75, 3.05) is 26.2 Å². The van der Waals surface area contributed by atoms with Crippen molar-refractivity contribution in [2.45, 2.75) is 38.8 Å². The van der Waals surface area contributed by atoms with Gasteiger partial charge in [-0.05, 0) is 27.2 Å². The first kappa shape index (κ1) is 13.3. The van der Waals surface area contributed by atoms with Gasteiger partial charge in [0.2, 0.25) is 0 Å². The Bertz CT molecular complexity index is 238. The highest BCUT2D eigenvalue weighted by atomic mass is 16.6. The summed E-state index contributed by atoms with van der Waals surface area (Å²) in [7, 11) is 0. The lowest BCUT2D eigenvalue weighted by molar-refractivity contribution is 0.0291. The molecule has 1 unspecified atom stereocenters. The van der Waals surface area contributed by atoms with Gasteiger partial charge in [0.15, 0.2) is 0 Å². The average molecular weight is 230 g/mol. The molecule has 1 saturated heterocycles. The maximum atomic E-state index is 11.7. The number of aliphatic hydroxyl groups excluding tert-OH is 1. The molecule has 0 aromatic rings. The summed E-state index contributed by atoms with van der Waals surface area (Å²) in [5.41, 5.74) is -0.437. The first-order valence-electron chi connectivity index (χ1n) is 5.74. The molecule has 0 aromatic carbocycles. The van der Waals surface area contributed by atoms with E-state index in [2.05, 4.69) is 5.32 Å². The van der Waals surface area contributed by atoms with Crippen LogP contribution >= 0.6 is 0 Å². The number of ether oxygens (including phenoxy) is 1. The molecule has 1 aliphatic heterocycles. The number of nitrogens with zero attached hydrogens (tertiary/aromatic N) is 1. The molecular weight excluding hydrogens is 208 g/mol. The summed E-state index contributed by atoms with van der Waals surface area (Å²) in [6.07, 6.45) is 0.667. The molecule has 1 atom stereocenters. The molecule has 0 bridgehead atoms. The van der Waals surface area contributed by atoms with Crippen molar-refractivity contribution >= 4 is 6.09 Å². The molecule has 1 heterocycles. The van der Waals surface area contributed by atoms with Gasteiger partial charge in [-0.3, -0.25) is 0 Å². The number of rotatable bonds is 3. The third-order valence-electron chi connectivity index (χ3n) is 2.38. The lowest BCUT2D eigenvalue weighted by atomic mass is 10.2. The smallest absolute Gasteiger partial charge is 0.410 e. The molecule has 16 heavy (non-hydrogen) atoms. The Morgan fingerprint density at radius 1 is 1.56 bits per heavy atom. The summed E-state index contributed by atoms with van der Waals surface area (Å²) in [6.45, 7) is 7.68. The Morgan fingerprint density at radius 2 is 2.25 bits per heavy atom. The molecule has 1 fully saturated rings. The second kappa shape index (κ2) is 5.50. The normalized spacial score (nSPS) is 21.2. The van der Waals surface area contributed by atoms with Gasteiger partial charge in [-0.1, -0.05) is 0 Å². The molecular formula is C11H22N2O3. The van der Waals surface area contributed by atoms with Crippen molar-refractivity contribution in [1.82, 2.24) is 10.2 Å². The predicted octanol–water partition coefficient (Wildman–Crippen LogP) is 0.578. The molecule has 1 rings (SSSR count). The fourth-order valence-electron chi connectivity index (χ4n) is 1.69. The van der Waals surface area contributed by atoms with E-state index in [4.69, 9.17) is 9.84 Å². The minimum atomic E-state index is -0.437. The standard InChI is InChI=1S/C11H22N2O3/c1-11(2,3)16-10(15)13-6-4-9(8-13)12-5-7-14/h9,12,14H,4-8H2,1-3H3. The summed E-state index contributed by atoms with van der Waals surface area (Å²) in [4.78, 5) is 13.4. The summed E-state index contributed by atoms with van der Waals surface area (Å²) in [5, 5.41) is 11.9. The maximum Gasteiger partial charge on any atom is 0.410 e. The van der Waals surface area contributed by atoms with Crippen molar-refractivity contribution in [3.63, 3.8) is 0 Å². The number of hydrogen-bond donors (Lipinski definition) is 2. The third kappa shape index (κ3) is 4.37. The van der Waals surface area contributed by atoms with Crippen LogP contribution in [0.5, 0.6) is 0 Å². The molecule has 1 aliphatic rings. The van der Waals surface area contributed by atoms with Crippen LogP contribution in [0.25, 0.3) is 0 Å². The summed E-state index contributed by atoms with van der Waals surface area (Å²) in [6, 6.07) is 0.277. The Kier molecular flexibility index (Phi) is 4.56. The lowest BCUT2D eigenvalue weighted by Gasteiger charge is -2.24. The number of hydrogen-bond acceptors (Lipinski definition) is 4. The van der Waals surface area contributed by atoms with Crippen molar-refractivity contribution < 1.29 is 14.6 Å². The van der Waals surface area contributed by atoms with E-state index in [1.54, 1.807) is 4.90 Å². The summed E-state index contributed by atoms with van der Waals surface area (Å²) < 4.78 is 5.28. The van der Waals surface area contributed by atoms with E-state index in [-0.39, 0.29) is 18.7 Å². The van der Waals surface area contributed by atoms with Gasteiger partial charge in [0.1, 0.15) is 5.60 Å². The first-order valence-corrected chi connectivity index (χ1v) is 5.74. The van der Waals surface area contributed by atoms with Crippen LogP contribution in [-0.4, -0.2) is 54.0 Å². The highest BCUT2D eigenvalue weighted by molar-refractivity contribution is 5.68. The van der Waals surface area contributed by atoms with Crippen LogP contribution in [-0.2, 0) is 4.74 Å². The molecule has 0 saturated carbocycles. The quantitative estimate of drug-likeness (QED) is 0.744. The maximum absolute atomic E-state index is 11.7. The van der Waals surface area contributed by atoms with Crippen LogP contribution in [0.1, 0.15) is 27.2 Å². The van der Waals surface area contributed by atoms with Crippen molar-refractivity contribution in [1.29, 1.82) is 0 Å². The van der Waals surface area contributed by atoms with Crippen LogP contribution in [0.2, 0.25) is 0 Å². The molecule has 0 aromatic heterocycles. The van der Waals surface area contributed by atoms with Crippen LogP contribution in [0, 0.1) is 0 Å². The van der Waals surface area contributed by atoms with Crippen molar-refractivity contribution in [3.8, 4) is 0 Å². The zero-order chi connectivity index (χ0) is 12.2. The van der Waals surface area contributed by atoms with E-state index >= 15 is 0 Å². The number of carbonyl (C=O) groups excluding carboxylic acids is 1.